The molecule has 3 rings (SSSR count). The minimum Gasteiger partial charge on any atom is -0.356 e. The van der Waals surface area contributed by atoms with Crippen LogP contribution in [0.2, 0.25) is 0 Å². The molecule has 0 spiro atoms. The average Bonchev–Trinajstić information content (AvgIpc) is 3.35. The molecule has 0 aromatic rings. The van der Waals surface area contributed by atoms with Gasteiger partial charge in [-0.2, -0.15) is 0 Å². The van der Waals surface area contributed by atoms with Gasteiger partial charge in [0.25, 0.3) is 0 Å². The van der Waals surface area contributed by atoms with Crippen molar-refractivity contribution in [3.63, 3.8) is 0 Å². The van der Waals surface area contributed by atoms with Gasteiger partial charge in [-0.1, -0.05) is 26.0 Å². The van der Waals surface area contributed by atoms with Crippen LogP contribution in [0.3, 0.4) is 0 Å². The second-order valence-corrected chi connectivity index (χ2v) is 9.31. The number of hydrogen-bond donors (Lipinski definition) is 2. The number of fused-ring (bicyclic) bond motifs is 5. The van der Waals surface area contributed by atoms with Gasteiger partial charge in [-0.3, -0.25) is 19.5 Å². The largest absolute Gasteiger partial charge is 0.356 e. The van der Waals surface area contributed by atoms with Crippen LogP contribution in [0.25, 0.3) is 0 Å². The molecule has 2 amide bonds. The van der Waals surface area contributed by atoms with E-state index >= 15 is 0 Å². The van der Waals surface area contributed by atoms with Crippen molar-refractivity contribution in [2.24, 2.45) is 34.6 Å². The number of imide groups is 1. The van der Waals surface area contributed by atoms with Gasteiger partial charge < -0.3 is 15.5 Å². The number of carbonyl (C=O) groups is 2. The first kappa shape index (κ1) is 25.1. The molecular weight excluding hydrogens is 493 g/mol. The molecule has 2 fully saturated rings. The lowest BCUT2D eigenvalue weighted by molar-refractivity contribution is -0.140. The van der Waals surface area contributed by atoms with E-state index in [1.54, 1.807) is 7.05 Å². The number of halogens is 1. The van der Waals surface area contributed by atoms with Gasteiger partial charge in [0.1, 0.15) is 0 Å². The predicted molar refractivity (Wildman–Crippen MR) is 131 cm³/mol. The van der Waals surface area contributed by atoms with E-state index in [0.29, 0.717) is 25.0 Å². The number of amides is 2. The van der Waals surface area contributed by atoms with Crippen LogP contribution in [-0.2, 0) is 9.59 Å². The van der Waals surface area contributed by atoms with Gasteiger partial charge in [-0.15, -0.1) is 24.0 Å². The summed E-state index contributed by atoms with van der Waals surface area (Å²) in [7, 11) is 5.97. The highest BCUT2D eigenvalue weighted by atomic mass is 127. The molecule has 2 bridgehead atoms. The van der Waals surface area contributed by atoms with Crippen molar-refractivity contribution in [3.05, 3.63) is 12.2 Å². The van der Waals surface area contributed by atoms with E-state index < -0.39 is 0 Å². The number of likely N-dealkylation sites (tertiary alicyclic amines) is 1. The van der Waals surface area contributed by atoms with E-state index in [-0.39, 0.29) is 59.5 Å². The molecule has 1 aliphatic heterocycles. The molecule has 0 aromatic heterocycles. The lowest BCUT2D eigenvalue weighted by atomic mass is 9.85. The average molecular weight is 531 g/mol. The molecule has 0 radical (unpaired) electrons. The number of allylic oxidation sites excluding steroid dienone is 2. The Morgan fingerprint density at radius 1 is 1.17 bits per heavy atom. The standard InChI is InChI=1S/C22H37N5O2.HI/c1-14(2)11-17(26(4)5)13-25-22(23-3)24-9-6-10-27-20(28)18-15-7-8-16(12-15)19(18)21(27)29;/h7-8,14-19H,6,9-13H2,1-5H3,(H2,23,24,25);1H. The zero-order valence-corrected chi connectivity index (χ0v) is 21.3. The number of rotatable bonds is 9. The lowest BCUT2D eigenvalue weighted by Gasteiger charge is -2.27. The lowest BCUT2D eigenvalue weighted by Crippen LogP contribution is -2.46. The van der Waals surface area contributed by atoms with Crippen molar-refractivity contribution in [2.75, 3.05) is 40.8 Å². The highest BCUT2D eigenvalue weighted by Gasteiger charge is 2.58. The van der Waals surface area contributed by atoms with E-state index in [9.17, 15) is 9.59 Å². The molecular formula is C22H38IN5O2. The van der Waals surface area contributed by atoms with Gasteiger partial charge in [0, 0.05) is 32.7 Å². The number of nitrogens with one attached hydrogen (secondary N) is 2. The summed E-state index contributed by atoms with van der Waals surface area (Å²) in [4.78, 5) is 33.5. The summed E-state index contributed by atoms with van der Waals surface area (Å²) in [6.07, 6.45) is 7.10. The molecule has 7 nitrogen and oxygen atoms in total. The molecule has 2 aliphatic carbocycles. The van der Waals surface area contributed by atoms with Crippen LogP contribution >= 0.6 is 24.0 Å². The van der Waals surface area contributed by atoms with Gasteiger partial charge in [-0.05, 0) is 51.1 Å². The quantitative estimate of drug-likeness (QED) is 0.119. The third-order valence-electron chi connectivity index (χ3n) is 6.62. The summed E-state index contributed by atoms with van der Waals surface area (Å²) in [5.41, 5.74) is 0. The van der Waals surface area contributed by atoms with Gasteiger partial charge in [0.2, 0.25) is 11.8 Å². The number of carbonyl (C=O) groups excluding carboxylic acids is 2. The summed E-state index contributed by atoms with van der Waals surface area (Å²) in [5, 5.41) is 6.71. The molecule has 0 aromatic carbocycles. The zero-order valence-electron chi connectivity index (χ0n) is 18.9. The van der Waals surface area contributed by atoms with Gasteiger partial charge >= 0.3 is 0 Å². The fourth-order valence-corrected chi connectivity index (χ4v) is 5.08. The molecule has 5 atom stereocenters. The minimum absolute atomic E-state index is 0. The third-order valence-corrected chi connectivity index (χ3v) is 6.62. The molecule has 170 valence electrons. The second kappa shape index (κ2) is 10.9. The monoisotopic (exact) mass is 531 g/mol. The van der Waals surface area contributed by atoms with E-state index in [0.717, 1.165) is 31.8 Å². The molecule has 5 unspecified atom stereocenters. The van der Waals surface area contributed by atoms with Crippen LogP contribution in [0, 0.1) is 29.6 Å². The van der Waals surface area contributed by atoms with Crippen molar-refractivity contribution in [2.45, 2.75) is 39.2 Å². The topological polar surface area (TPSA) is 77.0 Å². The highest BCUT2D eigenvalue weighted by molar-refractivity contribution is 14.0. The molecule has 1 saturated carbocycles. The smallest absolute Gasteiger partial charge is 0.233 e. The molecule has 8 heteroatoms. The van der Waals surface area contributed by atoms with E-state index in [2.05, 4.69) is 60.6 Å². The van der Waals surface area contributed by atoms with Crippen molar-refractivity contribution >= 4 is 41.8 Å². The predicted octanol–water partition coefficient (Wildman–Crippen LogP) is 1.94. The van der Waals surface area contributed by atoms with Gasteiger partial charge in [0.15, 0.2) is 5.96 Å². The second-order valence-electron chi connectivity index (χ2n) is 9.31. The van der Waals surface area contributed by atoms with Crippen LogP contribution in [0.5, 0.6) is 0 Å². The molecule has 30 heavy (non-hydrogen) atoms. The van der Waals surface area contributed by atoms with Crippen molar-refractivity contribution in [1.29, 1.82) is 0 Å². The van der Waals surface area contributed by atoms with Crippen molar-refractivity contribution in [1.82, 2.24) is 20.4 Å². The number of aliphatic imine (C=N–C) groups is 1. The Bertz CT molecular complexity index is 648. The maximum atomic E-state index is 12.7. The Hall–Kier alpha value is -1.16. The minimum atomic E-state index is -0.0937. The molecule has 1 heterocycles. The SMILES string of the molecule is CN=C(NCCCN1C(=O)C2C3C=CC(C3)C2C1=O)NCC(CC(C)C)N(C)C.I. The number of hydrogen-bond acceptors (Lipinski definition) is 4. The van der Waals surface area contributed by atoms with Crippen molar-refractivity contribution in [3.8, 4) is 0 Å². The normalized spacial score (nSPS) is 28.4. The van der Waals surface area contributed by atoms with Crippen molar-refractivity contribution < 1.29 is 9.59 Å². The fraction of sp³-hybridized carbons (Fsp3) is 0.773. The first-order valence-electron chi connectivity index (χ1n) is 11.0. The molecule has 1 saturated heterocycles. The first-order chi connectivity index (χ1) is 13.8. The molecule has 2 N–H and O–H groups in total. The summed E-state index contributed by atoms with van der Waals surface area (Å²) in [5.74, 6) is 1.86. The summed E-state index contributed by atoms with van der Waals surface area (Å²) in [6.45, 7) is 6.46. The third kappa shape index (κ3) is 5.36. The van der Waals surface area contributed by atoms with Gasteiger partial charge in [0.05, 0.1) is 11.8 Å². The van der Waals surface area contributed by atoms with Crippen LogP contribution in [-0.4, -0.2) is 74.4 Å². The Balaban J connectivity index is 0.00000320. The first-order valence-corrected chi connectivity index (χ1v) is 11.0. The highest BCUT2D eigenvalue weighted by Crippen LogP contribution is 2.52. The molecule has 3 aliphatic rings. The maximum Gasteiger partial charge on any atom is 0.233 e. The number of likely N-dealkylation sites (N-methyl/N-ethyl adjacent to an activating group) is 1. The number of nitrogens with zero attached hydrogens (tertiary/aromatic N) is 3. The maximum absolute atomic E-state index is 12.7. The number of guanidine groups is 1. The fourth-order valence-electron chi connectivity index (χ4n) is 5.08. The summed E-state index contributed by atoms with van der Waals surface area (Å²) < 4.78 is 0. The van der Waals surface area contributed by atoms with Crippen LogP contribution in [0.15, 0.2) is 17.1 Å². The van der Waals surface area contributed by atoms with Crippen LogP contribution in [0.4, 0.5) is 0 Å². The summed E-state index contributed by atoms with van der Waals surface area (Å²) >= 11 is 0. The summed E-state index contributed by atoms with van der Waals surface area (Å²) in [6, 6.07) is 0.441. The van der Waals surface area contributed by atoms with E-state index in [1.807, 2.05) is 0 Å². The van der Waals surface area contributed by atoms with Gasteiger partial charge in [-0.25, -0.2) is 0 Å². The Morgan fingerprint density at radius 3 is 2.27 bits per heavy atom. The van der Waals surface area contributed by atoms with Crippen LogP contribution in [0.1, 0.15) is 33.1 Å². The van der Waals surface area contributed by atoms with Crippen LogP contribution < -0.4 is 10.6 Å². The Morgan fingerprint density at radius 2 is 1.77 bits per heavy atom. The van der Waals surface area contributed by atoms with E-state index in [1.165, 1.54) is 4.90 Å². The zero-order chi connectivity index (χ0) is 21.1. The van der Waals surface area contributed by atoms with E-state index in [4.69, 9.17) is 0 Å². The Labute approximate surface area is 198 Å². The Kier molecular flexibility index (Phi) is 9.14.